The van der Waals surface area contributed by atoms with Crippen molar-refractivity contribution in [3.8, 4) is 11.5 Å². The highest BCUT2D eigenvalue weighted by atomic mass is 32.2. The third-order valence-corrected chi connectivity index (χ3v) is 8.08. The molecule has 0 aliphatic carbocycles. The largest absolute Gasteiger partial charge is 0.496 e. The van der Waals surface area contributed by atoms with Crippen LogP contribution in [0.5, 0.6) is 11.5 Å². The van der Waals surface area contributed by atoms with Crippen LogP contribution in [0.15, 0.2) is 6.07 Å². The number of esters is 1. The van der Waals surface area contributed by atoms with Gasteiger partial charge < -0.3 is 14.2 Å². The Balaban J connectivity index is 2.30. The van der Waals surface area contributed by atoms with E-state index < -0.39 is 0 Å². The lowest BCUT2D eigenvalue weighted by Gasteiger charge is -2.37. The molecule has 0 aromatic heterocycles. The summed E-state index contributed by atoms with van der Waals surface area (Å²) in [7, 11) is 3.21. The summed E-state index contributed by atoms with van der Waals surface area (Å²) >= 11 is 3.88. The van der Waals surface area contributed by atoms with Crippen LogP contribution in [0.3, 0.4) is 0 Å². The van der Waals surface area contributed by atoms with Crippen LogP contribution in [-0.4, -0.2) is 48.7 Å². The molecule has 27 heavy (non-hydrogen) atoms. The fraction of sp³-hybridized carbons (Fsp3) is 0.600. The van der Waals surface area contributed by atoms with Gasteiger partial charge in [-0.1, -0.05) is 0 Å². The monoisotopic (exact) mass is 412 g/mol. The van der Waals surface area contributed by atoms with E-state index in [0.717, 1.165) is 53.9 Å². The first kappa shape index (κ1) is 22.0. The lowest BCUT2D eigenvalue weighted by Crippen LogP contribution is -2.29. The van der Waals surface area contributed by atoms with Crippen molar-refractivity contribution >= 4 is 35.8 Å². The van der Waals surface area contributed by atoms with Crippen LogP contribution >= 0.6 is 23.5 Å². The van der Waals surface area contributed by atoms with E-state index in [9.17, 15) is 9.59 Å². The molecule has 1 aliphatic rings. The topological polar surface area (TPSA) is 61.8 Å². The van der Waals surface area contributed by atoms with Gasteiger partial charge in [0.05, 0.1) is 30.5 Å². The second kappa shape index (κ2) is 10.3. The summed E-state index contributed by atoms with van der Waals surface area (Å²) < 4.78 is 16.1. The van der Waals surface area contributed by atoms with Gasteiger partial charge in [-0.3, -0.25) is 9.59 Å². The maximum Gasteiger partial charge on any atom is 0.302 e. The normalized spacial score (nSPS) is 15.9. The average molecular weight is 413 g/mol. The molecular weight excluding hydrogens is 384 g/mol. The molecule has 1 heterocycles. The molecule has 1 fully saturated rings. The molecule has 1 aliphatic heterocycles. The molecule has 0 amide bonds. The predicted octanol–water partition coefficient (Wildman–Crippen LogP) is 4.28. The van der Waals surface area contributed by atoms with Crippen LogP contribution in [0, 0.1) is 6.92 Å². The van der Waals surface area contributed by atoms with Crippen molar-refractivity contribution in [3.63, 3.8) is 0 Å². The van der Waals surface area contributed by atoms with Crippen LogP contribution in [-0.2, 0) is 16.0 Å². The Morgan fingerprint density at radius 2 is 1.96 bits per heavy atom. The summed E-state index contributed by atoms with van der Waals surface area (Å²) in [6.07, 6.45) is 4.51. The van der Waals surface area contributed by atoms with Crippen LogP contribution in [0.25, 0.3) is 0 Å². The van der Waals surface area contributed by atoms with Crippen molar-refractivity contribution in [1.29, 1.82) is 0 Å². The third kappa shape index (κ3) is 5.57. The number of methoxy groups -OCH3 is 2. The summed E-state index contributed by atoms with van der Waals surface area (Å²) in [4.78, 5) is 22.9. The summed E-state index contributed by atoms with van der Waals surface area (Å²) in [5.41, 5.74) is 2.37. The first-order valence-corrected chi connectivity index (χ1v) is 11.0. The molecule has 150 valence electrons. The third-order valence-electron chi connectivity index (χ3n) is 4.63. The lowest BCUT2D eigenvalue weighted by molar-refractivity contribution is -0.141. The summed E-state index contributed by atoms with van der Waals surface area (Å²) in [6, 6.07) is 1.96. The van der Waals surface area contributed by atoms with Crippen molar-refractivity contribution in [3.05, 3.63) is 22.8 Å². The minimum absolute atomic E-state index is 0.0402. The predicted molar refractivity (Wildman–Crippen MR) is 112 cm³/mol. The second-order valence-electron chi connectivity index (χ2n) is 6.51. The van der Waals surface area contributed by atoms with Gasteiger partial charge in [-0.2, -0.15) is 0 Å². The van der Waals surface area contributed by atoms with Crippen molar-refractivity contribution in [2.45, 2.75) is 43.6 Å². The Labute approximate surface area is 169 Å². The molecule has 7 heteroatoms. The zero-order valence-corrected chi connectivity index (χ0v) is 18.1. The standard InChI is InChI=1S/C20H28O5S2/c1-14-18(23-3)11-16(17(13-21)19(14)24-4)12-20(26-9-6-10-27-20)7-5-8-25-15(2)22/h11,13H,5-10,12H2,1-4H3. The van der Waals surface area contributed by atoms with E-state index in [4.69, 9.17) is 14.2 Å². The van der Waals surface area contributed by atoms with E-state index in [1.165, 1.54) is 13.3 Å². The molecule has 0 spiro atoms. The highest BCUT2D eigenvalue weighted by Crippen LogP contribution is 2.49. The molecule has 1 aromatic rings. The lowest BCUT2D eigenvalue weighted by atomic mass is 9.97. The number of thioether (sulfide) groups is 2. The SMILES string of the molecule is COc1cc(CC2(CCCOC(C)=O)SCCCS2)c(C=O)c(OC)c1C. The smallest absolute Gasteiger partial charge is 0.302 e. The second-order valence-corrected chi connectivity index (χ2v) is 9.72. The Hall–Kier alpha value is -1.34. The summed E-state index contributed by atoms with van der Waals surface area (Å²) in [6.45, 7) is 3.76. The van der Waals surface area contributed by atoms with E-state index >= 15 is 0 Å². The summed E-state index contributed by atoms with van der Waals surface area (Å²) in [5, 5.41) is 0. The first-order chi connectivity index (χ1) is 13.0. The van der Waals surface area contributed by atoms with Gasteiger partial charge in [-0.25, -0.2) is 0 Å². The van der Waals surface area contributed by atoms with E-state index in [1.807, 2.05) is 36.5 Å². The van der Waals surface area contributed by atoms with Gasteiger partial charge in [-0.15, -0.1) is 23.5 Å². The maximum absolute atomic E-state index is 11.8. The Morgan fingerprint density at radius 1 is 1.26 bits per heavy atom. The minimum atomic E-state index is -0.246. The number of rotatable bonds is 9. The van der Waals surface area contributed by atoms with E-state index in [2.05, 4.69) is 0 Å². The molecule has 2 rings (SSSR count). The molecule has 0 radical (unpaired) electrons. The number of benzene rings is 1. The van der Waals surface area contributed by atoms with Crippen molar-refractivity contribution in [2.75, 3.05) is 32.3 Å². The number of carbonyl (C=O) groups is 2. The van der Waals surface area contributed by atoms with Gasteiger partial charge in [0.15, 0.2) is 6.29 Å². The van der Waals surface area contributed by atoms with Crippen LogP contribution in [0.4, 0.5) is 0 Å². The van der Waals surface area contributed by atoms with Gasteiger partial charge in [0.1, 0.15) is 11.5 Å². The molecule has 1 saturated heterocycles. The molecule has 0 saturated carbocycles. The molecule has 0 atom stereocenters. The van der Waals surface area contributed by atoms with Gasteiger partial charge in [0.25, 0.3) is 0 Å². The average Bonchev–Trinajstić information content (AvgIpc) is 2.66. The fourth-order valence-corrected chi connectivity index (χ4v) is 6.78. The highest BCUT2D eigenvalue weighted by molar-refractivity contribution is 8.18. The zero-order chi connectivity index (χ0) is 19.9. The highest BCUT2D eigenvalue weighted by Gasteiger charge is 2.35. The number of aldehydes is 1. The van der Waals surface area contributed by atoms with Gasteiger partial charge in [-0.05, 0) is 55.7 Å². The number of carbonyl (C=O) groups excluding carboxylic acids is 2. The van der Waals surface area contributed by atoms with E-state index in [0.29, 0.717) is 17.9 Å². The Morgan fingerprint density at radius 3 is 2.52 bits per heavy atom. The van der Waals surface area contributed by atoms with Crippen LogP contribution in [0.1, 0.15) is 47.7 Å². The van der Waals surface area contributed by atoms with Gasteiger partial charge in [0, 0.05) is 12.5 Å². The molecule has 0 unspecified atom stereocenters. The van der Waals surface area contributed by atoms with Crippen LogP contribution in [0.2, 0.25) is 0 Å². The molecule has 0 bridgehead atoms. The first-order valence-electron chi connectivity index (χ1n) is 9.07. The molecule has 1 aromatic carbocycles. The molecule has 0 N–H and O–H groups in total. The number of hydrogen-bond donors (Lipinski definition) is 0. The number of ether oxygens (including phenoxy) is 3. The zero-order valence-electron chi connectivity index (χ0n) is 16.5. The maximum atomic E-state index is 11.8. The Kier molecular flexibility index (Phi) is 8.35. The van der Waals surface area contributed by atoms with Crippen molar-refractivity contribution < 1.29 is 23.8 Å². The number of hydrogen-bond acceptors (Lipinski definition) is 7. The van der Waals surface area contributed by atoms with E-state index in [1.54, 1.807) is 14.2 Å². The molecular formula is C20H28O5S2. The van der Waals surface area contributed by atoms with Gasteiger partial charge >= 0.3 is 5.97 Å². The van der Waals surface area contributed by atoms with E-state index in [-0.39, 0.29) is 10.0 Å². The van der Waals surface area contributed by atoms with Crippen LogP contribution < -0.4 is 9.47 Å². The van der Waals surface area contributed by atoms with Gasteiger partial charge in [0.2, 0.25) is 0 Å². The fourth-order valence-electron chi connectivity index (χ4n) is 3.35. The summed E-state index contributed by atoms with van der Waals surface area (Å²) in [5.74, 6) is 3.26. The Bertz CT molecular complexity index is 669. The quantitative estimate of drug-likeness (QED) is 0.341. The minimum Gasteiger partial charge on any atom is -0.496 e. The van der Waals surface area contributed by atoms with Crippen molar-refractivity contribution in [1.82, 2.24) is 0 Å². The van der Waals surface area contributed by atoms with Crippen molar-refractivity contribution in [2.24, 2.45) is 0 Å². The molecule has 5 nitrogen and oxygen atoms in total.